The van der Waals surface area contributed by atoms with Crippen LogP contribution in [0.4, 0.5) is 0 Å². The molecule has 0 amide bonds. The summed E-state index contributed by atoms with van der Waals surface area (Å²) in [5.41, 5.74) is 8.20. The van der Waals surface area contributed by atoms with Crippen molar-refractivity contribution in [3.05, 3.63) is 10.4 Å². The summed E-state index contributed by atoms with van der Waals surface area (Å²) in [6, 6.07) is 0. The quantitative estimate of drug-likeness (QED) is 0.319. The number of rotatable bonds is 2. The van der Waals surface area contributed by atoms with Gasteiger partial charge >= 0.3 is 5.97 Å². The summed E-state index contributed by atoms with van der Waals surface area (Å²) in [6.45, 7) is 2.08. The van der Waals surface area contributed by atoms with Gasteiger partial charge in [-0.05, 0) is 31.5 Å². The average Bonchev–Trinajstić information content (AvgIpc) is 2.53. The van der Waals surface area contributed by atoms with Gasteiger partial charge in [0.05, 0.1) is 13.0 Å². The van der Waals surface area contributed by atoms with Gasteiger partial charge in [-0.2, -0.15) is 0 Å². The van der Waals surface area contributed by atoms with E-state index in [1.54, 1.807) is 0 Å². The summed E-state index contributed by atoms with van der Waals surface area (Å²) in [6.07, 6.45) is 2.10. The Hall–Kier alpha value is -1.26. The maximum Gasteiger partial charge on any atom is 0.306 e. The number of cyclic esters (lactones) is 1. The summed E-state index contributed by atoms with van der Waals surface area (Å²) < 4.78 is 5.23. The van der Waals surface area contributed by atoms with E-state index in [9.17, 15) is 4.79 Å². The SMILES string of the molecule is [N-]=[N+]=NCC1OC(=O)CC12CCNCC2. The van der Waals surface area contributed by atoms with Crippen LogP contribution in [0.15, 0.2) is 5.11 Å². The van der Waals surface area contributed by atoms with Gasteiger partial charge in [-0.25, -0.2) is 0 Å². The number of esters is 1. The molecule has 2 aliphatic rings. The van der Waals surface area contributed by atoms with Gasteiger partial charge in [0.2, 0.25) is 0 Å². The van der Waals surface area contributed by atoms with Crippen LogP contribution in [-0.2, 0) is 9.53 Å². The van der Waals surface area contributed by atoms with E-state index < -0.39 is 0 Å². The van der Waals surface area contributed by atoms with E-state index in [-0.39, 0.29) is 24.0 Å². The number of carbonyl (C=O) groups excluding carboxylic acids is 1. The lowest BCUT2D eigenvalue weighted by atomic mass is 9.73. The molecule has 2 fully saturated rings. The largest absolute Gasteiger partial charge is 0.462 e. The number of nitrogens with one attached hydrogen (secondary N) is 1. The molecule has 0 bridgehead atoms. The summed E-state index contributed by atoms with van der Waals surface area (Å²) in [5, 5.41) is 6.78. The van der Waals surface area contributed by atoms with Gasteiger partial charge in [0.25, 0.3) is 0 Å². The second kappa shape index (κ2) is 4.08. The third kappa shape index (κ3) is 1.91. The second-order valence-electron chi connectivity index (χ2n) is 4.18. The average molecular weight is 210 g/mol. The van der Waals surface area contributed by atoms with E-state index in [4.69, 9.17) is 10.3 Å². The summed E-state index contributed by atoms with van der Waals surface area (Å²) in [4.78, 5) is 14.0. The van der Waals surface area contributed by atoms with Crippen molar-refractivity contribution < 1.29 is 9.53 Å². The van der Waals surface area contributed by atoms with E-state index in [1.807, 2.05) is 0 Å². The highest BCUT2D eigenvalue weighted by Gasteiger charge is 2.48. The van der Waals surface area contributed by atoms with E-state index in [1.165, 1.54) is 0 Å². The van der Waals surface area contributed by atoms with Crippen LogP contribution >= 0.6 is 0 Å². The number of hydrogen-bond donors (Lipinski definition) is 1. The number of piperidine rings is 1. The molecule has 82 valence electrons. The van der Waals surface area contributed by atoms with Crippen molar-refractivity contribution in [2.45, 2.75) is 25.4 Å². The highest BCUT2D eigenvalue weighted by Crippen LogP contribution is 2.43. The van der Waals surface area contributed by atoms with E-state index in [2.05, 4.69) is 15.3 Å². The number of carbonyl (C=O) groups is 1. The molecular formula is C9H14N4O2. The fourth-order valence-electron chi connectivity index (χ4n) is 2.49. The highest BCUT2D eigenvalue weighted by atomic mass is 16.6. The Morgan fingerprint density at radius 2 is 2.33 bits per heavy atom. The molecule has 0 aromatic heterocycles. The lowest BCUT2D eigenvalue weighted by molar-refractivity contribution is -0.141. The Morgan fingerprint density at radius 3 is 3.00 bits per heavy atom. The standard InChI is InChI=1S/C9H14N4O2/c10-13-12-6-7-9(5-8(14)15-7)1-3-11-4-2-9/h7,11H,1-6H2. The summed E-state index contributed by atoms with van der Waals surface area (Å²) >= 11 is 0. The maximum atomic E-state index is 11.3. The van der Waals surface area contributed by atoms with Crippen LogP contribution in [0.2, 0.25) is 0 Å². The molecule has 0 saturated carbocycles. The molecule has 2 heterocycles. The minimum atomic E-state index is -0.219. The molecule has 1 spiro atoms. The van der Waals surface area contributed by atoms with E-state index in [0.29, 0.717) is 6.42 Å². The van der Waals surface area contributed by atoms with E-state index in [0.717, 1.165) is 25.9 Å². The normalized spacial score (nSPS) is 28.5. The van der Waals surface area contributed by atoms with Crippen LogP contribution in [0, 0.1) is 5.41 Å². The zero-order chi connectivity index (χ0) is 10.7. The van der Waals surface area contributed by atoms with Crippen molar-refractivity contribution in [3.63, 3.8) is 0 Å². The number of hydrogen-bond acceptors (Lipinski definition) is 4. The Morgan fingerprint density at radius 1 is 1.60 bits per heavy atom. The van der Waals surface area contributed by atoms with Crippen molar-refractivity contribution in [1.29, 1.82) is 0 Å². The Bertz CT molecular complexity index is 305. The third-order valence-corrected chi connectivity index (χ3v) is 3.36. The summed E-state index contributed by atoms with van der Waals surface area (Å²) in [7, 11) is 0. The maximum absolute atomic E-state index is 11.3. The number of azide groups is 1. The van der Waals surface area contributed by atoms with Gasteiger partial charge in [0, 0.05) is 10.3 Å². The smallest absolute Gasteiger partial charge is 0.306 e. The topological polar surface area (TPSA) is 87.1 Å². The van der Waals surface area contributed by atoms with Crippen molar-refractivity contribution in [2.75, 3.05) is 19.6 Å². The minimum Gasteiger partial charge on any atom is -0.462 e. The fraction of sp³-hybridized carbons (Fsp3) is 0.889. The van der Waals surface area contributed by atoms with Crippen LogP contribution < -0.4 is 5.32 Å². The molecule has 1 atom stereocenters. The van der Waals surface area contributed by atoms with Gasteiger partial charge in [0.1, 0.15) is 6.10 Å². The molecule has 2 rings (SSSR count). The first-order chi connectivity index (χ1) is 7.27. The van der Waals surface area contributed by atoms with Crippen molar-refractivity contribution in [2.24, 2.45) is 10.5 Å². The van der Waals surface area contributed by atoms with Crippen LogP contribution in [0.5, 0.6) is 0 Å². The molecule has 2 aliphatic heterocycles. The van der Waals surface area contributed by atoms with E-state index >= 15 is 0 Å². The van der Waals surface area contributed by atoms with Gasteiger partial charge in [-0.3, -0.25) is 4.79 Å². The predicted molar refractivity (Wildman–Crippen MR) is 53.0 cm³/mol. The molecule has 1 unspecified atom stereocenters. The Balaban J connectivity index is 2.12. The van der Waals surface area contributed by atoms with Crippen LogP contribution in [0.1, 0.15) is 19.3 Å². The monoisotopic (exact) mass is 210 g/mol. The zero-order valence-corrected chi connectivity index (χ0v) is 8.48. The minimum absolute atomic E-state index is 0.0868. The van der Waals surface area contributed by atoms with Gasteiger partial charge in [-0.1, -0.05) is 5.11 Å². The molecule has 0 aliphatic carbocycles. The molecule has 0 aromatic rings. The van der Waals surface area contributed by atoms with Crippen molar-refractivity contribution in [3.8, 4) is 0 Å². The first kappa shape index (κ1) is 10.3. The number of ether oxygens (including phenoxy) is 1. The molecular weight excluding hydrogens is 196 g/mol. The lowest BCUT2D eigenvalue weighted by Crippen LogP contribution is -2.42. The second-order valence-corrected chi connectivity index (χ2v) is 4.18. The van der Waals surface area contributed by atoms with Crippen LogP contribution in [0.3, 0.4) is 0 Å². The predicted octanol–water partition coefficient (Wildman–Crippen LogP) is 0.982. The van der Waals surface area contributed by atoms with Crippen LogP contribution in [0.25, 0.3) is 10.4 Å². The molecule has 6 heteroatoms. The Labute approximate surface area is 87.6 Å². The lowest BCUT2D eigenvalue weighted by Gasteiger charge is -2.35. The molecule has 2 saturated heterocycles. The van der Waals surface area contributed by atoms with Crippen LogP contribution in [-0.4, -0.2) is 31.7 Å². The Kier molecular flexibility index (Phi) is 2.79. The van der Waals surface area contributed by atoms with Gasteiger partial charge < -0.3 is 10.1 Å². The fourth-order valence-corrected chi connectivity index (χ4v) is 2.49. The molecule has 0 aromatic carbocycles. The first-order valence-corrected chi connectivity index (χ1v) is 5.18. The van der Waals surface area contributed by atoms with Crippen molar-refractivity contribution >= 4 is 5.97 Å². The molecule has 1 N–H and O–H groups in total. The number of nitrogens with zero attached hydrogens (tertiary/aromatic N) is 3. The first-order valence-electron chi connectivity index (χ1n) is 5.18. The zero-order valence-electron chi connectivity index (χ0n) is 8.48. The summed E-state index contributed by atoms with van der Waals surface area (Å²) in [5.74, 6) is -0.157. The molecule has 6 nitrogen and oxygen atoms in total. The van der Waals surface area contributed by atoms with Gasteiger partial charge in [-0.15, -0.1) is 0 Å². The van der Waals surface area contributed by atoms with Gasteiger partial charge in [0.15, 0.2) is 0 Å². The molecule has 0 radical (unpaired) electrons. The highest BCUT2D eigenvalue weighted by molar-refractivity contribution is 5.73. The van der Waals surface area contributed by atoms with Crippen molar-refractivity contribution in [1.82, 2.24) is 5.32 Å². The third-order valence-electron chi connectivity index (χ3n) is 3.36. The molecule has 15 heavy (non-hydrogen) atoms.